The molecule has 0 fully saturated rings. The lowest BCUT2D eigenvalue weighted by Gasteiger charge is -2.14. The van der Waals surface area contributed by atoms with E-state index >= 15 is 0 Å². The Morgan fingerprint density at radius 1 is 1.41 bits per heavy atom. The first-order valence-electron chi connectivity index (χ1n) is 6.43. The van der Waals surface area contributed by atoms with E-state index in [1.807, 2.05) is 6.92 Å². The molecule has 2 N–H and O–H groups in total. The quantitative estimate of drug-likeness (QED) is 0.876. The molecule has 1 unspecified atom stereocenters. The number of nitrogens with two attached hydrogens (primary N) is 1. The summed E-state index contributed by atoms with van der Waals surface area (Å²) in [6, 6.07) is 0.294. The Labute approximate surface area is 113 Å². The van der Waals surface area contributed by atoms with Gasteiger partial charge in [-0.15, -0.1) is 0 Å². The van der Waals surface area contributed by atoms with Gasteiger partial charge in [-0.3, -0.25) is 4.68 Å². The van der Waals surface area contributed by atoms with Gasteiger partial charge in [0.15, 0.2) is 0 Å². The van der Waals surface area contributed by atoms with Crippen molar-refractivity contribution < 1.29 is 0 Å². The molecule has 0 amide bonds. The van der Waals surface area contributed by atoms with E-state index in [1.54, 1.807) is 0 Å². The summed E-state index contributed by atoms with van der Waals surface area (Å²) >= 11 is 3.62. The Balaban J connectivity index is 2.62. The Kier molecular flexibility index (Phi) is 5.67. The van der Waals surface area contributed by atoms with E-state index in [-0.39, 0.29) is 0 Å². The summed E-state index contributed by atoms with van der Waals surface area (Å²) in [5.74, 6) is 0.672. The Hall–Kier alpha value is -0.350. The standard InChI is InChI=1S/C13H24BrN3/c1-5-17-12(13(14)10(4)16-17)7-6-11(15)8-9(2)3/h9,11H,5-8,15H2,1-4H3. The van der Waals surface area contributed by atoms with Crippen LogP contribution in [0.3, 0.4) is 0 Å². The first-order valence-corrected chi connectivity index (χ1v) is 7.22. The minimum Gasteiger partial charge on any atom is -0.328 e. The molecule has 0 radical (unpaired) electrons. The molecule has 4 heteroatoms. The largest absolute Gasteiger partial charge is 0.328 e. The van der Waals surface area contributed by atoms with Crippen molar-refractivity contribution in [2.24, 2.45) is 11.7 Å². The minimum atomic E-state index is 0.294. The molecule has 0 bridgehead atoms. The molecule has 1 aromatic heterocycles. The van der Waals surface area contributed by atoms with Crippen LogP contribution in [-0.2, 0) is 13.0 Å². The van der Waals surface area contributed by atoms with Crippen LogP contribution in [0.25, 0.3) is 0 Å². The van der Waals surface area contributed by atoms with Crippen molar-refractivity contribution in [3.8, 4) is 0 Å². The summed E-state index contributed by atoms with van der Waals surface area (Å²) in [5.41, 5.74) is 8.48. The molecule has 3 nitrogen and oxygen atoms in total. The highest BCUT2D eigenvalue weighted by Gasteiger charge is 2.13. The molecule has 0 saturated heterocycles. The van der Waals surface area contributed by atoms with Crippen LogP contribution in [0.1, 0.15) is 45.0 Å². The highest BCUT2D eigenvalue weighted by molar-refractivity contribution is 9.10. The summed E-state index contributed by atoms with van der Waals surface area (Å²) in [6.07, 6.45) is 3.13. The lowest BCUT2D eigenvalue weighted by molar-refractivity contribution is 0.466. The fourth-order valence-corrected chi connectivity index (χ4v) is 2.64. The fourth-order valence-electron chi connectivity index (χ4n) is 2.15. The number of hydrogen-bond donors (Lipinski definition) is 1. The van der Waals surface area contributed by atoms with Crippen LogP contribution in [0, 0.1) is 12.8 Å². The van der Waals surface area contributed by atoms with E-state index in [9.17, 15) is 0 Å². The maximum Gasteiger partial charge on any atom is 0.0738 e. The van der Waals surface area contributed by atoms with E-state index in [2.05, 4.69) is 46.5 Å². The maximum atomic E-state index is 6.13. The predicted molar refractivity (Wildman–Crippen MR) is 76.1 cm³/mol. The third-order valence-corrected chi connectivity index (χ3v) is 4.01. The second-order valence-electron chi connectivity index (χ2n) is 5.09. The molecule has 1 rings (SSSR count). The number of hydrogen-bond acceptors (Lipinski definition) is 2. The van der Waals surface area contributed by atoms with E-state index in [0.29, 0.717) is 12.0 Å². The highest BCUT2D eigenvalue weighted by atomic mass is 79.9. The molecule has 0 aliphatic heterocycles. The van der Waals surface area contributed by atoms with E-state index in [0.717, 1.165) is 36.0 Å². The van der Waals surface area contributed by atoms with Crippen LogP contribution >= 0.6 is 15.9 Å². The molecule has 1 aromatic rings. The molecule has 1 atom stereocenters. The van der Waals surface area contributed by atoms with Crippen molar-refractivity contribution in [3.63, 3.8) is 0 Å². The van der Waals surface area contributed by atoms with Gasteiger partial charge in [-0.2, -0.15) is 5.10 Å². The van der Waals surface area contributed by atoms with Crippen molar-refractivity contribution in [2.45, 2.75) is 59.5 Å². The van der Waals surface area contributed by atoms with Gasteiger partial charge in [-0.25, -0.2) is 0 Å². The molecule has 0 aliphatic carbocycles. The smallest absolute Gasteiger partial charge is 0.0738 e. The predicted octanol–water partition coefficient (Wildman–Crippen LogP) is 3.28. The normalized spacial score (nSPS) is 13.4. The van der Waals surface area contributed by atoms with Crippen LogP contribution in [0.15, 0.2) is 4.47 Å². The zero-order chi connectivity index (χ0) is 13.0. The summed E-state index contributed by atoms with van der Waals surface area (Å²) in [6.45, 7) is 9.51. The van der Waals surface area contributed by atoms with Gasteiger partial charge in [0.1, 0.15) is 0 Å². The summed E-state index contributed by atoms with van der Waals surface area (Å²) in [7, 11) is 0. The fraction of sp³-hybridized carbons (Fsp3) is 0.769. The van der Waals surface area contributed by atoms with E-state index < -0.39 is 0 Å². The number of aryl methyl sites for hydroxylation is 2. The van der Waals surface area contributed by atoms with Crippen molar-refractivity contribution in [3.05, 3.63) is 15.9 Å². The summed E-state index contributed by atoms with van der Waals surface area (Å²) in [4.78, 5) is 0. The third-order valence-electron chi connectivity index (χ3n) is 2.98. The number of aromatic nitrogens is 2. The average Bonchev–Trinajstić information content (AvgIpc) is 2.51. The molecule has 0 aromatic carbocycles. The minimum absolute atomic E-state index is 0.294. The van der Waals surface area contributed by atoms with Crippen LogP contribution in [-0.4, -0.2) is 15.8 Å². The Bertz CT molecular complexity index is 358. The Morgan fingerprint density at radius 2 is 2.06 bits per heavy atom. The first kappa shape index (κ1) is 14.7. The lowest BCUT2D eigenvalue weighted by Crippen LogP contribution is -2.23. The molecule has 0 aliphatic rings. The SMILES string of the molecule is CCn1nc(C)c(Br)c1CCC(N)CC(C)C. The van der Waals surface area contributed by atoms with Crippen LogP contribution in [0.5, 0.6) is 0 Å². The highest BCUT2D eigenvalue weighted by Crippen LogP contribution is 2.23. The maximum absolute atomic E-state index is 6.13. The van der Waals surface area contributed by atoms with Crippen molar-refractivity contribution in [1.82, 2.24) is 9.78 Å². The molecule has 1 heterocycles. The van der Waals surface area contributed by atoms with Crippen LogP contribution in [0.2, 0.25) is 0 Å². The molecule has 17 heavy (non-hydrogen) atoms. The summed E-state index contributed by atoms with van der Waals surface area (Å²) < 4.78 is 3.22. The molecular formula is C13H24BrN3. The van der Waals surface area contributed by atoms with Gasteiger partial charge in [0.05, 0.1) is 15.9 Å². The van der Waals surface area contributed by atoms with E-state index in [1.165, 1.54) is 5.69 Å². The molecule has 98 valence electrons. The number of nitrogens with zero attached hydrogens (tertiary/aromatic N) is 2. The van der Waals surface area contributed by atoms with Crippen molar-refractivity contribution in [2.75, 3.05) is 0 Å². The molecule has 0 saturated carbocycles. The zero-order valence-corrected chi connectivity index (χ0v) is 12.9. The third kappa shape index (κ3) is 4.11. The van der Waals surface area contributed by atoms with Gasteiger partial charge in [0.25, 0.3) is 0 Å². The first-order chi connectivity index (χ1) is 7.95. The second kappa shape index (κ2) is 6.55. The van der Waals surface area contributed by atoms with Crippen molar-refractivity contribution >= 4 is 15.9 Å². The average molecular weight is 302 g/mol. The van der Waals surface area contributed by atoms with Crippen LogP contribution < -0.4 is 5.73 Å². The zero-order valence-electron chi connectivity index (χ0n) is 11.3. The van der Waals surface area contributed by atoms with Gasteiger partial charge < -0.3 is 5.73 Å². The van der Waals surface area contributed by atoms with Gasteiger partial charge >= 0.3 is 0 Å². The molecule has 0 spiro atoms. The van der Waals surface area contributed by atoms with Crippen molar-refractivity contribution in [1.29, 1.82) is 0 Å². The number of halogens is 1. The molecular weight excluding hydrogens is 278 g/mol. The van der Waals surface area contributed by atoms with E-state index in [4.69, 9.17) is 5.73 Å². The van der Waals surface area contributed by atoms with Gasteiger partial charge in [-0.05, 0) is 55.0 Å². The van der Waals surface area contributed by atoms with Gasteiger partial charge in [-0.1, -0.05) is 13.8 Å². The lowest BCUT2D eigenvalue weighted by atomic mass is 10.00. The van der Waals surface area contributed by atoms with Gasteiger partial charge in [0.2, 0.25) is 0 Å². The topological polar surface area (TPSA) is 43.8 Å². The summed E-state index contributed by atoms with van der Waals surface area (Å²) in [5, 5.41) is 4.50. The van der Waals surface area contributed by atoms with Gasteiger partial charge in [0, 0.05) is 12.6 Å². The number of rotatable bonds is 6. The Morgan fingerprint density at radius 3 is 2.59 bits per heavy atom. The monoisotopic (exact) mass is 301 g/mol. The van der Waals surface area contributed by atoms with Crippen LogP contribution in [0.4, 0.5) is 0 Å². The second-order valence-corrected chi connectivity index (χ2v) is 5.88.